The molecule has 12 heteroatoms. The molecule has 0 unspecified atom stereocenters. The molecule has 0 fully saturated rings. The van der Waals surface area contributed by atoms with E-state index in [1.54, 1.807) is 30.3 Å². The van der Waals surface area contributed by atoms with Gasteiger partial charge in [-0.2, -0.15) is 18.3 Å². The summed E-state index contributed by atoms with van der Waals surface area (Å²) in [5.74, 6) is -1.84. The fraction of sp³-hybridized carbons (Fsp3) is 0.0345. The number of hydrogen-bond donors (Lipinski definition) is 2. The zero-order valence-corrected chi connectivity index (χ0v) is 23.0. The second-order valence-corrected chi connectivity index (χ2v) is 9.74. The maximum absolute atomic E-state index is 13.0. The summed E-state index contributed by atoms with van der Waals surface area (Å²) in [4.78, 5) is 37.7. The van der Waals surface area contributed by atoms with Crippen LogP contribution in [-0.4, -0.2) is 24.0 Å². The van der Waals surface area contributed by atoms with E-state index < -0.39 is 29.5 Å². The van der Waals surface area contributed by atoms with Gasteiger partial charge in [0.15, 0.2) is 0 Å². The molecule has 4 aromatic carbocycles. The largest absolute Gasteiger partial charge is 0.422 e. The van der Waals surface area contributed by atoms with Gasteiger partial charge in [0.05, 0.1) is 17.3 Å². The van der Waals surface area contributed by atoms with Crippen molar-refractivity contribution in [3.63, 3.8) is 0 Å². The summed E-state index contributed by atoms with van der Waals surface area (Å²) in [6.45, 7) is 0. The van der Waals surface area contributed by atoms with Crippen molar-refractivity contribution in [2.75, 3.05) is 5.32 Å². The molecule has 0 aromatic heterocycles. The lowest BCUT2D eigenvalue weighted by molar-refractivity contribution is -0.137. The molecule has 0 radical (unpaired) electrons. The molecule has 0 saturated carbocycles. The fourth-order valence-corrected chi connectivity index (χ4v) is 3.97. The number of rotatable bonds is 7. The molecule has 0 aliphatic heterocycles. The van der Waals surface area contributed by atoms with Crippen LogP contribution in [0.4, 0.5) is 18.9 Å². The van der Waals surface area contributed by atoms with Gasteiger partial charge in [-0.1, -0.05) is 39.7 Å². The maximum Gasteiger partial charge on any atom is 0.416 e. The van der Waals surface area contributed by atoms with Gasteiger partial charge in [0, 0.05) is 31.9 Å². The zero-order chi connectivity index (χ0) is 29.6. The second-order valence-electron chi connectivity index (χ2n) is 8.39. The fourth-order valence-electron chi connectivity index (χ4n) is 3.46. The minimum absolute atomic E-state index is 0.118. The van der Waals surface area contributed by atoms with Crippen molar-refractivity contribution in [1.82, 2.24) is 5.43 Å². The number of amides is 2. The van der Waals surface area contributed by atoms with E-state index in [1.165, 1.54) is 48.7 Å². The van der Waals surface area contributed by atoms with E-state index in [-0.39, 0.29) is 28.1 Å². The molecule has 0 saturated heterocycles. The second kappa shape index (κ2) is 12.8. The third kappa shape index (κ3) is 8.03. The van der Waals surface area contributed by atoms with Gasteiger partial charge in [-0.25, -0.2) is 10.2 Å². The Hall–Kier alpha value is -4.48. The number of hydrogen-bond acceptors (Lipinski definition) is 5. The number of esters is 1. The number of anilines is 1. The first-order valence-electron chi connectivity index (χ1n) is 11.7. The monoisotopic (exact) mass is 643 g/mol. The van der Waals surface area contributed by atoms with E-state index in [1.807, 2.05) is 0 Å². The highest BCUT2D eigenvalue weighted by Gasteiger charge is 2.30. The Morgan fingerprint density at radius 2 is 1.51 bits per heavy atom. The highest BCUT2D eigenvalue weighted by Crippen LogP contribution is 2.30. The molecular formula is C29H18BrClF3N3O4. The lowest BCUT2D eigenvalue weighted by atomic mass is 10.1. The van der Waals surface area contributed by atoms with Gasteiger partial charge in [-0.15, -0.1) is 0 Å². The van der Waals surface area contributed by atoms with Crippen LogP contribution >= 0.6 is 27.5 Å². The lowest BCUT2D eigenvalue weighted by Gasteiger charge is -2.10. The molecule has 4 rings (SSSR count). The number of alkyl halides is 3. The van der Waals surface area contributed by atoms with Gasteiger partial charge in [0.1, 0.15) is 5.75 Å². The molecule has 41 heavy (non-hydrogen) atoms. The van der Waals surface area contributed by atoms with Crippen molar-refractivity contribution >= 4 is 57.2 Å². The molecule has 208 valence electrons. The highest BCUT2D eigenvalue weighted by molar-refractivity contribution is 9.10. The van der Waals surface area contributed by atoms with Crippen LogP contribution in [0, 0.1) is 0 Å². The van der Waals surface area contributed by atoms with Crippen molar-refractivity contribution < 1.29 is 32.3 Å². The third-order valence-corrected chi connectivity index (χ3v) is 6.20. The number of nitrogens with zero attached hydrogens (tertiary/aromatic N) is 1. The number of hydrazone groups is 1. The summed E-state index contributed by atoms with van der Waals surface area (Å²) in [7, 11) is 0. The van der Waals surface area contributed by atoms with E-state index in [4.69, 9.17) is 16.3 Å². The molecule has 7 nitrogen and oxygen atoms in total. The predicted octanol–water partition coefficient (Wildman–Crippen LogP) is 7.36. The lowest BCUT2D eigenvalue weighted by Crippen LogP contribution is -2.19. The van der Waals surface area contributed by atoms with Crippen molar-refractivity contribution in [1.29, 1.82) is 0 Å². The summed E-state index contributed by atoms with van der Waals surface area (Å²) in [5, 5.41) is 6.88. The Morgan fingerprint density at radius 1 is 0.829 bits per heavy atom. The van der Waals surface area contributed by atoms with Crippen LogP contribution in [0.1, 0.15) is 42.2 Å². The van der Waals surface area contributed by atoms with Gasteiger partial charge in [-0.05, 0) is 78.9 Å². The van der Waals surface area contributed by atoms with Crippen LogP contribution in [0.3, 0.4) is 0 Å². The molecule has 0 bridgehead atoms. The van der Waals surface area contributed by atoms with Crippen LogP contribution in [-0.2, 0) is 6.18 Å². The standard InChI is InChI=1S/C29H18BrClF3N3O4/c30-22-9-12-25(41-28(40)17-7-10-23(31)11-8-17)20(14-22)16-35-37-27(39)19-4-2-6-24(15-19)36-26(38)18-3-1-5-21(13-18)29(32,33)34/h1-16H,(H,36,38)(H,37,39). The molecule has 2 N–H and O–H groups in total. The maximum atomic E-state index is 13.0. The van der Waals surface area contributed by atoms with Gasteiger partial charge >= 0.3 is 12.1 Å². The van der Waals surface area contributed by atoms with Gasteiger partial charge in [0.25, 0.3) is 11.8 Å². The molecule has 2 amide bonds. The third-order valence-electron chi connectivity index (χ3n) is 5.46. The number of carbonyl (C=O) groups is 3. The van der Waals surface area contributed by atoms with Crippen molar-refractivity contribution in [3.05, 3.63) is 128 Å². The predicted molar refractivity (Wildman–Crippen MR) is 151 cm³/mol. The van der Waals surface area contributed by atoms with Crippen molar-refractivity contribution in [3.8, 4) is 5.75 Å². The van der Waals surface area contributed by atoms with E-state index in [9.17, 15) is 27.6 Å². The van der Waals surface area contributed by atoms with Crippen LogP contribution in [0.25, 0.3) is 0 Å². The van der Waals surface area contributed by atoms with E-state index in [0.717, 1.165) is 18.2 Å². The quantitative estimate of drug-likeness (QED) is 0.0951. The molecule has 0 atom stereocenters. The molecular weight excluding hydrogens is 627 g/mol. The Kier molecular flexibility index (Phi) is 9.21. The van der Waals surface area contributed by atoms with Gasteiger partial charge in [-0.3, -0.25) is 9.59 Å². The van der Waals surface area contributed by atoms with E-state index in [0.29, 0.717) is 15.1 Å². The Bertz CT molecular complexity index is 1640. The zero-order valence-electron chi connectivity index (χ0n) is 20.7. The normalized spacial score (nSPS) is 11.2. The Labute approximate surface area is 245 Å². The summed E-state index contributed by atoms with van der Waals surface area (Å²) >= 11 is 9.20. The molecule has 0 spiro atoms. The Balaban J connectivity index is 1.43. The first-order chi connectivity index (χ1) is 19.5. The number of ether oxygens (including phenoxy) is 1. The minimum atomic E-state index is -4.59. The smallest absolute Gasteiger partial charge is 0.416 e. The summed E-state index contributed by atoms with van der Waals surface area (Å²) in [6, 6.07) is 20.8. The topological polar surface area (TPSA) is 96.9 Å². The number of halogens is 5. The minimum Gasteiger partial charge on any atom is -0.422 e. The van der Waals surface area contributed by atoms with E-state index >= 15 is 0 Å². The number of benzene rings is 4. The first-order valence-corrected chi connectivity index (χ1v) is 12.9. The van der Waals surface area contributed by atoms with Gasteiger partial charge in [0.2, 0.25) is 0 Å². The average Bonchev–Trinajstić information content (AvgIpc) is 2.94. The summed E-state index contributed by atoms with van der Waals surface area (Å²) in [6.07, 6.45) is -3.31. The number of nitrogens with one attached hydrogen (secondary N) is 2. The Morgan fingerprint density at radius 3 is 2.22 bits per heavy atom. The van der Waals surface area contributed by atoms with Crippen LogP contribution in [0.5, 0.6) is 5.75 Å². The van der Waals surface area contributed by atoms with Crippen molar-refractivity contribution in [2.45, 2.75) is 6.18 Å². The summed E-state index contributed by atoms with van der Waals surface area (Å²) < 4.78 is 45.1. The van der Waals surface area contributed by atoms with Crippen LogP contribution in [0.2, 0.25) is 5.02 Å². The number of carbonyl (C=O) groups excluding carboxylic acids is 3. The van der Waals surface area contributed by atoms with Crippen LogP contribution < -0.4 is 15.5 Å². The molecule has 4 aromatic rings. The molecule has 0 aliphatic carbocycles. The average molecular weight is 645 g/mol. The SMILES string of the molecule is O=C(NN=Cc1cc(Br)ccc1OC(=O)c1ccc(Cl)cc1)c1cccc(NC(=O)c2cccc(C(F)(F)F)c2)c1. The van der Waals surface area contributed by atoms with E-state index in [2.05, 4.69) is 31.8 Å². The first kappa shape index (κ1) is 29.5. The molecule has 0 heterocycles. The summed E-state index contributed by atoms with van der Waals surface area (Å²) in [5.41, 5.74) is 2.17. The van der Waals surface area contributed by atoms with Crippen molar-refractivity contribution in [2.24, 2.45) is 5.10 Å². The van der Waals surface area contributed by atoms with Crippen LogP contribution in [0.15, 0.2) is 101 Å². The molecule has 0 aliphatic rings. The highest BCUT2D eigenvalue weighted by atomic mass is 79.9. The van der Waals surface area contributed by atoms with Gasteiger partial charge < -0.3 is 10.1 Å².